The van der Waals surface area contributed by atoms with Crippen LogP contribution in [0, 0.1) is 11.6 Å². The number of ether oxygens (including phenoxy) is 1. The van der Waals surface area contributed by atoms with E-state index in [-0.39, 0.29) is 17.2 Å². The zero-order chi connectivity index (χ0) is 17.7. The van der Waals surface area contributed by atoms with Crippen molar-refractivity contribution in [1.82, 2.24) is 0 Å². The van der Waals surface area contributed by atoms with E-state index in [1.807, 2.05) is 0 Å². The van der Waals surface area contributed by atoms with Gasteiger partial charge in [0, 0.05) is 0 Å². The topological polar surface area (TPSA) is 63.7 Å². The fourth-order valence-corrected chi connectivity index (χ4v) is 3.44. The highest BCUT2D eigenvalue weighted by atomic mass is 32.2. The molecule has 5 nitrogen and oxygen atoms in total. The lowest BCUT2D eigenvalue weighted by molar-refractivity contribution is -0.141. The Morgan fingerprint density at radius 3 is 2.33 bits per heavy atom. The molecule has 0 atom stereocenters. The van der Waals surface area contributed by atoms with Gasteiger partial charge in [-0.2, -0.15) is 0 Å². The summed E-state index contributed by atoms with van der Waals surface area (Å²) in [6, 6.07) is 8.96. The van der Waals surface area contributed by atoms with Gasteiger partial charge in [-0.15, -0.1) is 0 Å². The van der Waals surface area contributed by atoms with Crippen molar-refractivity contribution in [2.45, 2.75) is 11.8 Å². The van der Waals surface area contributed by atoms with Crippen molar-refractivity contribution in [2.24, 2.45) is 0 Å². The molecule has 0 fully saturated rings. The average molecular weight is 355 g/mol. The fraction of sp³-hybridized carbons (Fsp3) is 0.188. The van der Waals surface area contributed by atoms with Gasteiger partial charge in [-0.1, -0.05) is 6.07 Å². The summed E-state index contributed by atoms with van der Waals surface area (Å²) in [5.74, 6) is -2.06. The molecule has 8 heteroatoms. The van der Waals surface area contributed by atoms with Crippen LogP contribution < -0.4 is 4.31 Å². The summed E-state index contributed by atoms with van der Waals surface area (Å²) in [6.45, 7) is 1.05. The van der Waals surface area contributed by atoms with Crippen molar-refractivity contribution in [3.63, 3.8) is 0 Å². The number of carbonyl (C=O) groups excluding carboxylic acids is 1. The molecule has 0 heterocycles. The molecule has 0 aromatic heterocycles. The maximum Gasteiger partial charge on any atom is 0.326 e. The van der Waals surface area contributed by atoms with Crippen molar-refractivity contribution < 1.29 is 26.7 Å². The highest BCUT2D eigenvalue weighted by Crippen LogP contribution is 2.24. The zero-order valence-electron chi connectivity index (χ0n) is 12.8. The third-order valence-electron chi connectivity index (χ3n) is 3.08. The number of benzene rings is 2. The maximum absolute atomic E-state index is 13.4. The Morgan fingerprint density at radius 1 is 1.08 bits per heavy atom. The van der Waals surface area contributed by atoms with E-state index < -0.39 is 34.2 Å². The lowest BCUT2D eigenvalue weighted by atomic mass is 10.3. The Bertz CT molecular complexity index is 822. The van der Waals surface area contributed by atoms with Crippen LogP contribution in [-0.4, -0.2) is 27.5 Å². The van der Waals surface area contributed by atoms with Crippen molar-refractivity contribution in [3.8, 4) is 0 Å². The third-order valence-corrected chi connectivity index (χ3v) is 4.85. The minimum Gasteiger partial charge on any atom is -0.465 e. The van der Waals surface area contributed by atoms with Crippen molar-refractivity contribution >= 4 is 21.7 Å². The van der Waals surface area contributed by atoms with Gasteiger partial charge in [0.2, 0.25) is 0 Å². The highest BCUT2D eigenvalue weighted by molar-refractivity contribution is 7.92. The minimum atomic E-state index is -4.23. The predicted octanol–water partition coefficient (Wildman–Crippen LogP) is 2.72. The Balaban J connectivity index is 2.48. The summed E-state index contributed by atoms with van der Waals surface area (Å²) in [6.07, 6.45) is 0. The quantitative estimate of drug-likeness (QED) is 0.748. The van der Waals surface area contributed by atoms with E-state index in [0.717, 1.165) is 28.6 Å². The van der Waals surface area contributed by atoms with Gasteiger partial charge in [-0.05, 0) is 49.4 Å². The lowest BCUT2D eigenvalue weighted by Crippen LogP contribution is -2.36. The van der Waals surface area contributed by atoms with E-state index in [4.69, 9.17) is 4.74 Å². The monoisotopic (exact) mass is 355 g/mol. The largest absolute Gasteiger partial charge is 0.465 e. The molecule has 2 rings (SSSR count). The molecule has 0 radical (unpaired) electrons. The van der Waals surface area contributed by atoms with Crippen LogP contribution in [-0.2, 0) is 19.6 Å². The van der Waals surface area contributed by atoms with Gasteiger partial charge in [0.25, 0.3) is 10.0 Å². The highest BCUT2D eigenvalue weighted by Gasteiger charge is 2.28. The van der Waals surface area contributed by atoms with Crippen LogP contribution in [0.4, 0.5) is 14.5 Å². The SMILES string of the molecule is CCOC(=O)CN(c1ccc(F)cc1)S(=O)(=O)c1cccc(F)c1. The number of anilines is 1. The molecular formula is C16H15F2NO4S. The molecule has 0 aliphatic heterocycles. The third kappa shape index (κ3) is 4.08. The predicted molar refractivity (Wildman–Crippen MR) is 84.0 cm³/mol. The van der Waals surface area contributed by atoms with Gasteiger partial charge in [0.1, 0.15) is 18.2 Å². The molecule has 0 N–H and O–H groups in total. The minimum absolute atomic E-state index is 0.0636. The first-order valence-corrected chi connectivity index (χ1v) is 8.48. The molecule has 0 amide bonds. The van der Waals surface area contributed by atoms with Gasteiger partial charge in [0.15, 0.2) is 0 Å². The van der Waals surface area contributed by atoms with Gasteiger partial charge in [0.05, 0.1) is 17.2 Å². The number of nitrogens with zero attached hydrogens (tertiary/aromatic N) is 1. The second-order valence-electron chi connectivity index (χ2n) is 4.75. The van der Waals surface area contributed by atoms with E-state index in [9.17, 15) is 22.0 Å². The van der Waals surface area contributed by atoms with E-state index in [1.54, 1.807) is 6.92 Å². The molecule has 0 aliphatic rings. The van der Waals surface area contributed by atoms with Crippen LogP contribution in [0.2, 0.25) is 0 Å². The summed E-state index contributed by atoms with van der Waals surface area (Å²) in [4.78, 5) is 11.4. The number of hydrogen-bond acceptors (Lipinski definition) is 4. The van der Waals surface area contributed by atoms with E-state index in [1.165, 1.54) is 24.3 Å². The smallest absolute Gasteiger partial charge is 0.326 e. The molecule has 24 heavy (non-hydrogen) atoms. The second-order valence-corrected chi connectivity index (χ2v) is 6.61. The van der Waals surface area contributed by atoms with Crippen LogP contribution in [0.25, 0.3) is 0 Å². The van der Waals surface area contributed by atoms with Crippen LogP contribution in [0.15, 0.2) is 53.4 Å². The summed E-state index contributed by atoms with van der Waals surface area (Å²) in [5.41, 5.74) is 0.0636. The van der Waals surface area contributed by atoms with Crippen molar-refractivity contribution in [3.05, 3.63) is 60.2 Å². The fourth-order valence-electron chi connectivity index (χ4n) is 2.00. The Labute approximate surface area is 138 Å². The molecular weight excluding hydrogens is 340 g/mol. The summed E-state index contributed by atoms with van der Waals surface area (Å²) in [5, 5.41) is 0. The Kier molecular flexibility index (Phi) is 5.50. The molecule has 0 unspecified atom stereocenters. The molecule has 0 bridgehead atoms. The normalized spacial score (nSPS) is 11.1. The lowest BCUT2D eigenvalue weighted by Gasteiger charge is -2.23. The number of carbonyl (C=O) groups is 1. The van der Waals surface area contributed by atoms with Crippen molar-refractivity contribution in [2.75, 3.05) is 17.5 Å². The molecule has 128 valence electrons. The van der Waals surface area contributed by atoms with E-state index in [0.29, 0.717) is 0 Å². The van der Waals surface area contributed by atoms with Crippen LogP contribution in [0.5, 0.6) is 0 Å². The maximum atomic E-state index is 13.4. The van der Waals surface area contributed by atoms with Gasteiger partial charge in [-0.3, -0.25) is 9.10 Å². The van der Waals surface area contributed by atoms with E-state index in [2.05, 4.69) is 0 Å². The van der Waals surface area contributed by atoms with Crippen LogP contribution in [0.3, 0.4) is 0 Å². The summed E-state index contributed by atoms with van der Waals surface area (Å²) >= 11 is 0. The Morgan fingerprint density at radius 2 is 1.75 bits per heavy atom. The molecule has 0 aliphatic carbocycles. The first-order valence-electron chi connectivity index (χ1n) is 7.04. The first-order chi connectivity index (χ1) is 11.3. The summed E-state index contributed by atoms with van der Waals surface area (Å²) in [7, 11) is -4.23. The molecule has 0 saturated carbocycles. The summed E-state index contributed by atoms with van der Waals surface area (Å²) < 4.78 is 57.5. The van der Waals surface area contributed by atoms with Gasteiger partial charge >= 0.3 is 5.97 Å². The van der Waals surface area contributed by atoms with Crippen LogP contribution in [0.1, 0.15) is 6.92 Å². The number of halogens is 2. The number of hydrogen-bond donors (Lipinski definition) is 0. The van der Waals surface area contributed by atoms with Crippen LogP contribution >= 0.6 is 0 Å². The second kappa shape index (κ2) is 7.39. The average Bonchev–Trinajstić information content (AvgIpc) is 2.54. The Hall–Kier alpha value is -2.48. The standard InChI is InChI=1S/C16H15F2NO4S/c1-2-23-16(20)11-19(14-8-6-12(17)7-9-14)24(21,22)15-5-3-4-13(18)10-15/h3-10H,2,11H2,1H3. The molecule has 2 aromatic rings. The van der Waals surface area contributed by atoms with E-state index >= 15 is 0 Å². The van der Waals surface area contributed by atoms with Crippen molar-refractivity contribution in [1.29, 1.82) is 0 Å². The number of sulfonamides is 1. The number of esters is 1. The van der Waals surface area contributed by atoms with Gasteiger partial charge in [-0.25, -0.2) is 17.2 Å². The molecule has 2 aromatic carbocycles. The first kappa shape index (κ1) is 17.9. The molecule has 0 saturated heterocycles. The van der Waals surface area contributed by atoms with Gasteiger partial charge < -0.3 is 4.74 Å². The number of rotatable bonds is 6. The zero-order valence-corrected chi connectivity index (χ0v) is 13.6. The molecule has 0 spiro atoms.